The van der Waals surface area contributed by atoms with Crippen molar-refractivity contribution < 1.29 is 4.79 Å². The van der Waals surface area contributed by atoms with E-state index in [1.807, 2.05) is 4.90 Å². The molecule has 80 valence electrons. The van der Waals surface area contributed by atoms with Gasteiger partial charge in [-0.3, -0.25) is 4.79 Å². The first-order chi connectivity index (χ1) is 6.92. The number of nitrogens with one attached hydrogen (secondary N) is 1. The number of amides is 1. The Kier molecular flexibility index (Phi) is 3.40. The van der Waals surface area contributed by atoms with Crippen molar-refractivity contribution in [1.82, 2.24) is 10.2 Å². The summed E-state index contributed by atoms with van der Waals surface area (Å²) in [7, 11) is 0. The first-order valence-corrected chi connectivity index (χ1v) is 5.83. The Morgan fingerprint density at radius 3 is 2.71 bits per heavy atom. The van der Waals surface area contributed by atoms with Gasteiger partial charge >= 0.3 is 0 Å². The normalized spacial score (nSPS) is 30.3. The van der Waals surface area contributed by atoms with Crippen molar-refractivity contribution in [2.45, 2.75) is 38.1 Å². The largest absolute Gasteiger partial charge is 0.339 e. The molecule has 1 saturated heterocycles. The minimum Gasteiger partial charge on any atom is -0.339 e. The molecule has 3 heteroatoms. The predicted octanol–water partition coefficient (Wildman–Crippen LogP) is 0.997. The first kappa shape index (κ1) is 9.97. The lowest BCUT2D eigenvalue weighted by Gasteiger charge is -2.40. The number of carbonyl (C=O) groups excluding carboxylic acids is 1. The second-order valence-corrected chi connectivity index (χ2v) is 4.51. The Bertz CT molecular complexity index is 190. The van der Waals surface area contributed by atoms with Gasteiger partial charge in [0.25, 0.3) is 0 Å². The van der Waals surface area contributed by atoms with E-state index in [9.17, 15) is 4.79 Å². The lowest BCUT2D eigenvalue weighted by atomic mass is 9.83. The molecule has 3 nitrogen and oxygen atoms in total. The van der Waals surface area contributed by atoms with Crippen molar-refractivity contribution in [3.05, 3.63) is 0 Å². The summed E-state index contributed by atoms with van der Waals surface area (Å²) in [6.45, 7) is 2.86. The zero-order chi connectivity index (χ0) is 9.80. The monoisotopic (exact) mass is 196 g/mol. The summed E-state index contributed by atoms with van der Waals surface area (Å²) in [4.78, 5) is 12.9. The molecule has 0 bridgehead atoms. The molecule has 14 heavy (non-hydrogen) atoms. The van der Waals surface area contributed by atoms with Crippen molar-refractivity contribution in [3.8, 4) is 0 Å². The molecule has 2 aliphatic rings. The van der Waals surface area contributed by atoms with E-state index in [1.54, 1.807) is 0 Å². The Balaban J connectivity index is 1.94. The summed E-state index contributed by atoms with van der Waals surface area (Å²) < 4.78 is 0. The highest BCUT2D eigenvalue weighted by Gasteiger charge is 2.29. The minimum absolute atomic E-state index is 0.474. The number of rotatable bonds is 2. The molecule has 1 atom stereocenters. The minimum atomic E-state index is 0.474. The number of piperazine rings is 1. The molecular weight excluding hydrogens is 176 g/mol. The van der Waals surface area contributed by atoms with Gasteiger partial charge in [0, 0.05) is 25.7 Å². The van der Waals surface area contributed by atoms with Crippen molar-refractivity contribution in [3.63, 3.8) is 0 Å². The smallest absolute Gasteiger partial charge is 0.210 e. The van der Waals surface area contributed by atoms with Gasteiger partial charge in [0.2, 0.25) is 6.41 Å². The van der Waals surface area contributed by atoms with Gasteiger partial charge in [0.05, 0.1) is 0 Å². The van der Waals surface area contributed by atoms with Crippen LogP contribution < -0.4 is 5.32 Å². The molecule has 1 saturated carbocycles. The van der Waals surface area contributed by atoms with Crippen LogP contribution in [0.5, 0.6) is 0 Å². The molecule has 1 unspecified atom stereocenters. The fraction of sp³-hybridized carbons (Fsp3) is 0.909. The van der Waals surface area contributed by atoms with Crippen molar-refractivity contribution in [2.24, 2.45) is 5.92 Å². The van der Waals surface area contributed by atoms with Gasteiger partial charge in [0.1, 0.15) is 0 Å². The van der Waals surface area contributed by atoms with Gasteiger partial charge in [-0.2, -0.15) is 0 Å². The van der Waals surface area contributed by atoms with Gasteiger partial charge in [-0.25, -0.2) is 0 Å². The summed E-state index contributed by atoms with van der Waals surface area (Å²) >= 11 is 0. The van der Waals surface area contributed by atoms with Crippen molar-refractivity contribution in [1.29, 1.82) is 0 Å². The van der Waals surface area contributed by atoms with Crippen LogP contribution in [-0.2, 0) is 4.79 Å². The van der Waals surface area contributed by atoms with Crippen LogP contribution in [0.4, 0.5) is 0 Å². The van der Waals surface area contributed by atoms with E-state index < -0.39 is 0 Å². The van der Waals surface area contributed by atoms with E-state index in [0.29, 0.717) is 6.04 Å². The fourth-order valence-electron chi connectivity index (χ4n) is 2.83. The Morgan fingerprint density at radius 2 is 2.00 bits per heavy atom. The third kappa shape index (κ3) is 2.08. The first-order valence-electron chi connectivity index (χ1n) is 5.83. The lowest BCUT2D eigenvalue weighted by molar-refractivity contribution is -0.122. The molecule has 0 aromatic heterocycles. The second kappa shape index (κ2) is 4.78. The molecule has 1 heterocycles. The Hall–Kier alpha value is -0.570. The summed E-state index contributed by atoms with van der Waals surface area (Å²) in [6.07, 6.45) is 7.77. The number of hydrogen-bond acceptors (Lipinski definition) is 2. The van der Waals surface area contributed by atoms with Crippen LogP contribution in [0.3, 0.4) is 0 Å². The van der Waals surface area contributed by atoms with E-state index >= 15 is 0 Å². The van der Waals surface area contributed by atoms with Gasteiger partial charge < -0.3 is 10.2 Å². The third-order valence-electron chi connectivity index (χ3n) is 3.66. The van der Waals surface area contributed by atoms with Crippen molar-refractivity contribution in [2.75, 3.05) is 19.6 Å². The maximum Gasteiger partial charge on any atom is 0.210 e. The average Bonchev–Trinajstić information content (AvgIpc) is 2.30. The molecule has 0 spiro atoms. The van der Waals surface area contributed by atoms with Gasteiger partial charge in [-0.05, 0) is 18.8 Å². The van der Waals surface area contributed by atoms with E-state index in [4.69, 9.17) is 0 Å². The van der Waals surface area contributed by atoms with E-state index in [-0.39, 0.29) is 0 Å². The fourth-order valence-corrected chi connectivity index (χ4v) is 2.83. The number of hydrogen-bond donors (Lipinski definition) is 1. The molecule has 0 radical (unpaired) electrons. The van der Waals surface area contributed by atoms with Gasteiger partial charge in [0.15, 0.2) is 0 Å². The second-order valence-electron chi connectivity index (χ2n) is 4.51. The van der Waals surface area contributed by atoms with Crippen LogP contribution in [-0.4, -0.2) is 37.0 Å². The Labute approximate surface area is 85.8 Å². The molecular formula is C11H20N2O. The van der Waals surface area contributed by atoms with Crippen LogP contribution in [0.1, 0.15) is 32.1 Å². The summed E-state index contributed by atoms with van der Waals surface area (Å²) in [5, 5.41) is 3.40. The van der Waals surface area contributed by atoms with E-state index in [1.165, 1.54) is 32.1 Å². The average molecular weight is 196 g/mol. The quantitative estimate of drug-likeness (QED) is 0.668. The zero-order valence-corrected chi connectivity index (χ0v) is 8.74. The topological polar surface area (TPSA) is 32.3 Å². The highest BCUT2D eigenvalue weighted by atomic mass is 16.1. The lowest BCUT2D eigenvalue weighted by Crippen LogP contribution is -2.54. The van der Waals surface area contributed by atoms with Crippen LogP contribution in [0.25, 0.3) is 0 Å². The standard InChI is InChI=1S/C11H20N2O/c14-9-13-7-6-12-8-11(13)10-4-2-1-3-5-10/h9-12H,1-8H2. The van der Waals surface area contributed by atoms with Crippen molar-refractivity contribution >= 4 is 6.41 Å². The molecule has 2 rings (SSSR count). The number of carbonyl (C=O) groups is 1. The molecule has 2 fully saturated rings. The van der Waals surface area contributed by atoms with Crippen LogP contribution >= 0.6 is 0 Å². The van der Waals surface area contributed by atoms with Crippen LogP contribution in [0.2, 0.25) is 0 Å². The molecule has 1 N–H and O–H groups in total. The number of nitrogens with zero attached hydrogens (tertiary/aromatic N) is 1. The molecule has 0 aromatic rings. The zero-order valence-electron chi connectivity index (χ0n) is 8.74. The Morgan fingerprint density at radius 1 is 1.21 bits per heavy atom. The summed E-state index contributed by atoms with van der Waals surface area (Å²) in [6, 6.07) is 0.474. The molecule has 1 aliphatic heterocycles. The van der Waals surface area contributed by atoms with Crippen LogP contribution in [0, 0.1) is 5.92 Å². The SMILES string of the molecule is O=CN1CCNCC1C1CCCCC1. The molecule has 0 aromatic carbocycles. The van der Waals surface area contributed by atoms with Crippen LogP contribution in [0.15, 0.2) is 0 Å². The highest BCUT2D eigenvalue weighted by molar-refractivity contribution is 5.48. The molecule has 1 aliphatic carbocycles. The maximum absolute atomic E-state index is 10.9. The predicted molar refractivity (Wildman–Crippen MR) is 56.0 cm³/mol. The van der Waals surface area contributed by atoms with Gasteiger partial charge in [-0.1, -0.05) is 19.3 Å². The maximum atomic E-state index is 10.9. The third-order valence-corrected chi connectivity index (χ3v) is 3.66. The molecule has 1 amide bonds. The van der Waals surface area contributed by atoms with E-state index in [0.717, 1.165) is 32.0 Å². The van der Waals surface area contributed by atoms with E-state index in [2.05, 4.69) is 5.32 Å². The highest BCUT2D eigenvalue weighted by Crippen LogP contribution is 2.28. The summed E-state index contributed by atoms with van der Waals surface area (Å²) in [5.41, 5.74) is 0. The summed E-state index contributed by atoms with van der Waals surface area (Å²) in [5.74, 6) is 0.752. The van der Waals surface area contributed by atoms with Gasteiger partial charge in [-0.15, -0.1) is 0 Å².